The van der Waals surface area contributed by atoms with Crippen LogP contribution in [0.5, 0.6) is 0 Å². The Labute approximate surface area is 76.2 Å². The zero-order valence-corrected chi connectivity index (χ0v) is 8.68. The highest BCUT2D eigenvalue weighted by atomic mass is 16.1. The van der Waals surface area contributed by atoms with Crippen LogP contribution in [-0.4, -0.2) is 31.0 Å². The van der Waals surface area contributed by atoms with Crippen molar-refractivity contribution in [2.24, 2.45) is 0 Å². The molecule has 0 spiro atoms. The van der Waals surface area contributed by atoms with Gasteiger partial charge >= 0.3 is 6.41 Å². The second kappa shape index (κ2) is 6.18. The van der Waals surface area contributed by atoms with Crippen molar-refractivity contribution in [3.05, 3.63) is 0 Å². The van der Waals surface area contributed by atoms with E-state index in [2.05, 4.69) is 13.8 Å². The lowest BCUT2D eigenvalue weighted by molar-refractivity contribution is -0.826. The first-order valence-electron chi connectivity index (χ1n) is 4.99. The van der Waals surface area contributed by atoms with Gasteiger partial charge in [0.1, 0.15) is 0 Å². The van der Waals surface area contributed by atoms with Gasteiger partial charge in [0.2, 0.25) is 0 Å². The minimum atomic E-state index is 0.599. The molecule has 0 radical (unpaired) electrons. The van der Waals surface area contributed by atoms with Crippen molar-refractivity contribution in [2.45, 2.75) is 39.5 Å². The number of carbonyl (C=O) groups is 1. The molecule has 0 saturated heterocycles. The van der Waals surface area contributed by atoms with Crippen LogP contribution in [0.3, 0.4) is 0 Å². The molecule has 0 aliphatic heterocycles. The van der Waals surface area contributed by atoms with E-state index in [0.717, 1.165) is 32.3 Å². The van der Waals surface area contributed by atoms with Gasteiger partial charge in [-0.05, 0) is 12.8 Å². The molecule has 0 heterocycles. The van der Waals surface area contributed by atoms with Crippen molar-refractivity contribution >= 4 is 6.41 Å². The van der Waals surface area contributed by atoms with Crippen LogP contribution in [-0.2, 0) is 4.79 Å². The van der Waals surface area contributed by atoms with Gasteiger partial charge in [-0.1, -0.05) is 26.7 Å². The van der Waals surface area contributed by atoms with Crippen LogP contribution in [0.25, 0.3) is 0 Å². The van der Waals surface area contributed by atoms with Gasteiger partial charge in [-0.2, -0.15) is 0 Å². The first-order valence-corrected chi connectivity index (χ1v) is 4.99. The van der Waals surface area contributed by atoms with Crippen LogP contribution >= 0.6 is 0 Å². The molecule has 1 amide bonds. The van der Waals surface area contributed by atoms with Crippen LogP contribution in [0.1, 0.15) is 39.5 Å². The van der Waals surface area contributed by atoms with Gasteiger partial charge in [-0.3, -0.25) is 4.48 Å². The summed E-state index contributed by atoms with van der Waals surface area (Å²) in [6.45, 7) is 6.32. The summed E-state index contributed by atoms with van der Waals surface area (Å²) in [7, 11) is 2.03. The van der Waals surface area contributed by atoms with Gasteiger partial charge in [0, 0.05) is 0 Å². The summed E-state index contributed by atoms with van der Waals surface area (Å²) in [6, 6.07) is 0. The fourth-order valence-corrected chi connectivity index (χ4v) is 1.26. The highest BCUT2D eigenvalue weighted by molar-refractivity contribution is 5.36. The molecule has 0 N–H and O–H groups in total. The lowest BCUT2D eigenvalue weighted by atomic mass is 10.2. The minimum absolute atomic E-state index is 0.599. The molecular formula is C10H22NO+. The maximum absolute atomic E-state index is 10.8. The van der Waals surface area contributed by atoms with Gasteiger partial charge in [-0.25, -0.2) is 4.79 Å². The Morgan fingerprint density at radius 1 is 1.08 bits per heavy atom. The van der Waals surface area contributed by atoms with Crippen LogP contribution in [0.15, 0.2) is 0 Å². The van der Waals surface area contributed by atoms with Crippen molar-refractivity contribution in [2.75, 3.05) is 20.1 Å². The summed E-state index contributed by atoms with van der Waals surface area (Å²) in [5.74, 6) is 0. The Balaban J connectivity index is 3.78. The predicted molar refractivity (Wildman–Crippen MR) is 51.8 cm³/mol. The van der Waals surface area contributed by atoms with Crippen molar-refractivity contribution in [3.63, 3.8) is 0 Å². The van der Waals surface area contributed by atoms with Gasteiger partial charge in [0.05, 0.1) is 20.1 Å². The first kappa shape index (κ1) is 11.6. The number of rotatable bonds is 7. The predicted octanol–water partition coefficient (Wildman–Crippen LogP) is 2.19. The van der Waals surface area contributed by atoms with Crippen molar-refractivity contribution in [1.29, 1.82) is 0 Å². The Hall–Kier alpha value is -0.370. The molecule has 12 heavy (non-hydrogen) atoms. The Morgan fingerprint density at radius 2 is 1.50 bits per heavy atom. The second-order valence-corrected chi connectivity index (χ2v) is 3.74. The van der Waals surface area contributed by atoms with Gasteiger partial charge < -0.3 is 0 Å². The lowest BCUT2D eigenvalue weighted by Crippen LogP contribution is -2.44. The van der Waals surface area contributed by atoms with E-state index in [1.54, 1.807) is 0 Å². The smallest absolute Gasteiger partial charge is 0.266 e. The molecule has 0 unspecified atom stereocenters. The molecule has 0 rings (SSSR count). The fraction of sp³-hybridized carbons (Fsp3) is 0.900. The van der Waals surface area contributed by atoms with Crippen molar-refractivity contribution in [3.8, 4) is 0 Å². The number of amides is 1. The molecule has 0 aliphatic rings. The topological polar surface area (TPSA) is 17.1 Å². The third-order valence-electron chi connectivity index (χ3n) is 2.30. The molecule has 0 saturated carbocycles. The van der Waals surface area contributed by atoms with E-state index in [9.17, 15) is 4.79 Å². The van der Waals surface area contributed by atoms with E-state index in [0.29, 0.717) is 4.48 Å². The summed E-state index contributed by atoms with van der Waals surface area (Å²) < 4.78 is 0.599. The summed E-state index contributed by atoms with van der Waals surface area (Å²) in [5, 5.41) is 0. The van der Waals surface area contributed by atoms with Crippen LogP contribution in [0.4, 0.5) is 0 Å². The molecule has 0 aromatic heterocycles. The van der Waals surface area contributed by atoms with Gasteiger partial charge in [-0.15, -0.1) is 0 Å². The van der Waals surface area contributed by atoms with Crippen molar-refractivity contribution < 1.29 is 9.28 Å². The minimum Gasteiger partial charge on any atom is -0.266 e. The van der Waals surface area contributed by atoms with Gasteiger partial charge in [0.15, 0.2) is 0 Å². The first-order chi connectivity index (χ1) is 5.68. The molecule has 0 atom stereocenters. The van der Waals surface area contributed by atoms with E-state index < -0.39 is 0 Å². The lowest BCUT2D eigenvalue weighted by Gasteiger charge is -2.26. The van der Waals surface area contributed by atoms with E-state index in [1.807, 2.05) is 7.05 Å². The third kappa shape index (κ3) is 4.50. The monoisotopic (exact) mass is 172 g/mol. The van der Waals surface area contributed by atoms with Crippen LogP contribution in [0.2, 0.25) is 0 Å². The molecule has 72 valence electrons. The Kier molecular flexibility index (Phi) is 5.99. The number of quaternary nitrogens is 1. The van der Waals surface area contributed by atoms with E-state index >= 15 is 0 Å². The molecule has 0 aromatic carbocycles. The van der Waals surface area contributed by atoms with E-state index in [1.165, 1.54) is 12.8 Å². The second-order valence-electron chi connectivity index (χ2n) is 3.74. The number of unbranched alkanes of at least 4 members (excludes halogenated alkanes) is 2. The normalized spacial score (nSPS) is 11.6. The quantitative estimate of drug-likeness (QED) is 0.425. The average molecular weight is 172 g/mol. The number of hydrogen-bond acceptors (Lipinski definition) is 1. The third-order valence-corrected chi connectivity index (χ3v) is 2.30. The largest absolute Gasteiger partial charge is 0.301 e. The zero-order chi connectivity index (χ0) is 9.45. The Bertz CT molecular complexity index is 115. The maximum Gasteiger partial charge on any atom is 0.301 e. The maximum atomic E-state index is 10.8. The summed E-state index contributed by atoms with van der Waals surface area (Å²) in [6.07, 6.45) is 5.74. The molecule has 2 nitrogen and oxygen atoms in total. The standard InChI is InChI=1S/C10H22NO/c1-4-6-8-11(3,10-12)9-7-5-2/h10H,4-9H2,1-3H3/q+1. The number of hydrogen-bond donors (Lipinski definition) is 0. The van der Waals surface area contributed by atoms with Gasteiger partial charge in [0.25, 0.3) is 0 Å². The van der Waals surface area contributed by atoms with Crippen molar-refractivity contribution in [1.82, 2.24) is 0 Å². The molecule has 0 aromatic rings. The highest BCUT2D eigenvalue weighted by Gasteiger charge is 2.18. The molecule has 2 heteroatoms. The summed E-state index contributed by atoms with van der Waals surface area (Å²) >= 11 is 0. The molecular weight excluding hydrogens is 150 g/mol. The van der Waals surface area contributed by atoms with E-state index in [4.69, 9.17) is 0 Å². The molecule has 0 aliphatic carbocycles. The zero-order valence-electron chi connectivity index (χ0n) is 8.68. The molecule has 0 fully saturated rings. The fourth-order valence-electron chi connectivity index (χ4n) is 1.26. The summed E-state index contributed by atoms with van der Waals surface area (Å²) in [4.78, 5) is 10.8. The van der Waals surface area contributed by atoms with Crippen LogP contribution < -0.4 is 0 Å². The Morgan fingerprint density at radius 3 is 1.75 bits per heavy atom. The number of carbonyl (C=O) groups excluding carboxylic acids is 1. The average Bonchev–Trinajstić information content (AvgIpc) is 2.11. The SMILES string of the molecule is CCCC[N+](C)(C=O)CCCC. The summed E-state index contributed by atoms with van der Waals surface area (Å²) in [5.41, 5.74) is 0. The van der Waals surface area contributed by atoms with Crippen LogP contribution in [0, 0.1) is 0 Å². The van der Waals surface area contributed by atoms with E-state index in [-0.39, 0.29) is 0 Å². The highest BCUT2D eigenvalue weighted by Crippen LogP contribution is 2.04. The number of nitrogens with zero attached hydrogens (tertiary/aromatic N) is 1. The molecule has 0 bridgehead atoms.